The van der Waals surface area contributed by atoms with Crippen LogP contribution in [0.15, 0.2) is 59.1 Å². The standard InChI is InChI=1S/C19H18BrNO/c1-22-14-8-9-18-17(11-14)15-6-3-7-16(15)19(21-18)12-4-2-5-13(20)10-12/h2-6,8-11,15-16,19,21H,7H2,1H3/t15-,16-,19+/m1/s1. The average Bonchev–Trinajstić information content (AvgIpc) is 3.03. The Hall–Kier alpha value is -1.74. The van der Waals surface area contributed by atoms with Gasteiger partial charge in [0.15, 0.2) is 0 Å². The molecule has 3 heteroatoms. The van der Waals surface area contributed by atoms with Crippen molar-refractivity contribution in [3.8, 4) is 5.75 Å². The molecule has 2 aliphatic rings. The molecule has 22 heavy (non-hydrogen) atoms. The van der Waals surface area contributed by atoms with E-state index in [-0.39, 0.29) is 0 Å². The summed E-state index contributed by atoms with van der Waals surface area (Å²) in [5.41, 5.74) is 3.91. The van der Waals surface area contributed by atoms with Gasteiger partial charge in [-0.05, 0) is 53.8 Å². The van der Waals surface area contributed by atoms with E-state index in [4.69, 9.17) is 4.74 Å². The van der Waals surface area contributed by atoms with Gasteiger partial charge in [-0.1, -0.05) is 40.2 Å². The van der Waals surface area contributed by atoms with Crippen LogP contribution in [0.4, 0.5) is 5.69 Å². The minimum atomic E-state index is 0.346. The third-order valence-electron chi connectivity index (χ3n) is 4.78. The number of benzene rings is 2. The van der Waals surface area contributed by atoms with E-state index >= 15 is 0 Å². The fourth-order valence-corrected chi connectivity index (χ4v) is 4.15. The highest BCUT2D eigenvalue weighted by molar-refractivity contribution is 9.10. The van der Waals surface area contributed by atoms with Crippen molar-refractivity contribution in [1.82, 2.24) is 0 Å². The van der Waals surface area contributed by atoms with Crippen molar-refractivity contribution in [2.24, 2.45) is 5.92 Å². The maximum atomic E-state index is 5.40. The predicted molar refractivity (Wildman–Crippen MR) is 93.5 cm³/mol. The van der Waals surface area contributed by atoms with E-state index in [0.29, 0.717) is 17.9 Å². The maximum Gasteiger partial charge on any atom is 0.119 e. The van der Waals surface area contributed by atoms with Gasteiger partial charge in [0, 0.05) is 16.1 Å². The Morgan fingerprint density at radius 1 is 1.18 bits per heavy atom. The van der Waals surface area contributed by atoms with Crippen LogP contribution in [0.2, 0.25) is 0 Å². The van der Waals surface area contributed by atoms with Crippen LogP contribution in [0.1, 0.15) is 29.5 Å². The molecule has 0 saturated heterocycles. The van der Waals surface area contributed by atoms with Gasteiger partial charge in [-0.25, -0.2) is 0 Å². The molecule has 2 nitrogen and oxygen atoms in total. The number of allylic oxidation sites excluding steroid dienone is 2. The van der Waals surface area contributed by atoms with Gasteiger partial charge in [0.1, 0.15) is 5.75 Å². The summed E-state index contributed by atoms with van der Waals surface area (Å²) in [6.07, 6.45) is 5.79. The smallest absolute Gasteiger partial charge is 0.119 e. The van der Waals surface area contributed by atoms with E-state index in [0.717, 1.165) is 16.6 Å². The molecule has 0 aromatic heterocycles. The van der Waals surface area contributed by atoms with E-state index in [9.17, 15) is 0 Å². The van der Waals surface area contributed by atoms with E-state index in [1.165, 1.54) is 16.8 Å². The first-order chi connectivity index (χ1) is 10.8. The lowest BCUT2D eigenvalue weighted by atomic mass is 9.77. The molecule has 0 amide bonds. The molecule has 0 radical (unpaired) electrons. The zero-order valence-corrected chi connectivity index (χ0v) is 14.0. The third kappa shape index (κ3) is 2.24. The minimum absolute atomic E-state index is 0.346. The molecular weight excluding hydrogens is 338 g/mol. The maximum absolute atomic E-state index is 5.40. The van der Waals surface area contributed by atoms with Gasteiger partial charge < -0.3 is 10.1 Å². The highest BCUT2D eigenvalue weighted by Gasteiger charge is 2.37. The molecule has 1 heterocycles. The summed E-state index contributed by atoms with van der Waals surface area (Å²) in [6, 6.07) is 15.3. The highest BCUT2D eigenvalue weighted by atomic mass is 79.9. The second kappa shape index (κ2) is 5.47. The summed E-state index contributed by atoms with van der Waals surface area (Å²) in [4.78, 5) is 0. The molecule has 0 bridgehead atoms. The SMILES string of the molecule is COc1ccc2c(c1)[C@@H]1C=CC[C@H]1[C@H](c1cccc(Br)c1)N2. The summed E-state index contributed by atoms with van der Waals surface area (Å²) in [5, 5.41) is 3.75. The first-order valence-corrected chi connectivity index (χ1v) is 8.42. The number of ether oxygens (including phenoxy) is 1. The van der Waals surface area contributed by atoms with E-state index in [1.54, 1.807) is 7.11 Å². The van der Waals surface area contributed by atoms with E-state index in [2.05, 4.69) is 69.8 Å². The number of halogens is 1. The molecule has 0 saturated carbocycles. The molecule has 0 spiro atoms. The Labute approximate surface area is 139 Å². The van der Waals surface area contributed by atoms with Crippen LogP contribution in [0.3, 0.4) is 0 Å². The molecule has 1 N–H and O–H groups in total. The summed E-state index contributed by atoms with van der Waals surface area (Å²) in [7, 11) is 1.73. The lowest BCUT2D eigenvalue weighted by Crippen LogP contribution is -2.29. The Bertz CT molecular complexity index is 740. The van der Waals surface area contributed by atoms with Crippen molar-refractivity contribution < 1.29 is 4.74 Å². The number of nitrogens with one attached hydrogen (secondary N) is 1. The Morgan fingerprint density at radius 2 is 2.09 bits per heavy atom. The second-order valence-electron chi connectivity index (χ2n) is 5.98. The first kappa shape index (κ1) is 13.9. The minimum Gasteiger partial charge on any atom is -0.497 e. The molecule has 3 atom stereocenters. The highest BCUT2D eigenvalue weighted by Crippen LogP contribution is 2.50. The fourth-order valence-electron chi connectivity index (χ4n) is 3.73. The number of hydrogen-bond donors (Lipinski definition) is 1. The molecule has 2 aromatic rings. The Morgan fingerprint density at radius 3 is 2.91 bits per heavy atom. The van der Waals surface area contributed by atoms with E-state index < -0.39 is 0 Å². The molecule has 1 aliphatic heterocycles. The Balaban J connectivity index is 1.78. The predicted octanol–water partition coefficient (Wildman–Crippen LogP) is 5.28. The second-order valence-corrected chi connectivity index (χ2v) is 6.90. The summed E-state index contributed by atoms with van der Waals surface area (Å²) in [6.45, 7) is 0. The zero-order chi connectivity index (χ0) is 15.1. The van der Waals surface area contributed by atoms with Crippen molar-refractivity contribution in [2.45, 2.75) is 18.4 Å². The van der Waals surface area contributed by atoms with Crippen LogP contribution in [-0.4, -0.2) is 7.11 Å². The van der Waals surface area contributed by atoms with Gasteiger partial charge in [-0.3, -0.25) is 0 Å². The number of anilines is 1. The van der Waals surface area contributed by atoms with Crippen molar-refractivity contribution in [3.63, 3.8) is 0 Å². The normalized spacial score (nSPS) is 25.3. The quantitative estimate of drug-likeness (QED) is 0.739. The molecule has 112 valence electrons. The fraction of sp³-hybridized carbons (Fsp3) is 0.263. The van der Waals surface area contributed by atoms with Gasteiger partial charge in [0.05, 0.1) is 13.2 Å². The van der Waals surface area contributed by atoms with Crippen molar-refractivity contribution in [1.29, 1.82) is 0 Å². The van der Waals surface area contributed by atoms with Gasteiger partial charge in [0.25, 0.3) is 0 Å². The summed E-state index contributed by atoms with van der Waals surface area (Å²) >= 11 is 3.59. The Kier molecular flexibility index (Phi) is 3.45. The lowest BCUT2D eigenvalue weighted by Gasteiger charge is -2.37. The van der Waals surface area contributed by atoms with Crippen LogP contribution < -0.4 is 10.1 Å². The van der Waals surface area contributed by atoms with Crippen LogP contribution >= 0.6 is 15.9 Å². The van der Waals surface area contributed by atoms with E-state index in [1.807, 2.05) is 6.07 Å². The number of methoxy groups -OCH3 is 1. The topological polar surface area (TPSA) is 21.3 Å². The average molecular weight is 356 g/mol. The summed E-state index contributed by atoms with van der Waals surface area (Å²) in [5.74, 6) is 1.96. The molecule has 4 rings (SSSR count). The largest absolute Gasteiger partial charge is 0.497 e. The molecule has 0 unspecified atom stereocenters. The van der Waals surface area contributed by atoms with Crippen LogP contribution in [0, 0.1) is 5.92 Å². The molecule has 2 aromatic carbocycles. The van der Waals surface area contributed by atoms with Crippen LogP contribution in [0.25, 0.3) is 0 Å². The summed E-state index contributed by atoms with van der Waals surface area (Å²) < 4.78 is 6.53. The number of hydrogen-bond acceptors (Lipinski definition) is 2. The van der Waals surface area contributed by atoms with Gasteiger partial charge >= 0.3 is 0 Å². The van der Waals surface area contributed by atoms with Crippen LogP contribution in [-0.2, 0) is 0 Å². The third-order valence-corrected chi connectivity index (χ3v) is 5.27. The number of fused-ring (bicyclic) bond motifs is 3. The molecule has 1 aliphatic carbocycles. The van der Waals surface area contributed by atoms with Gasteiger partial charge in [0.2, 0.25) is 0 Å². The van der Waals surface area contributed by atoms with Crippen LogP contribution in [0.5, 0.6) is 5.75 Å². The number of rotatable bonds is 2. The molecular formula is C19H18BrNO. The van der Waals surface area contributed by atoms with Crippen molar-refractivity contribution in [2.75, 3.05) is 12.4 Å². The monoisotopic (exact) mass is 355 g/mol. The zero-order valence-electron chi connectivity index (χ0n) is 12.4. The van der Waals surface area contributed by atoms with Gasteiger partial charge in [-0.2, -0.15) is 0 Å². The van der Waals surface area contributed by atoms with Crippen molar-refractivity contribution in [3.05, 3.63) is 70.2 Å². The first-order valence-electron chi connectivity index (χ1n) is 7.63. The lowest BCUT2D eigenvalue weighted by molar-refractivity contribution is 0.405. The van der Waals surface area contributed by atoms with Crippen molar-refractivity contribution >= 4 is 21.6 Å². The van der Waals surface area contributed by atoms with Gasteiger partial charge in [-0.15, -0.1) is 0 Å². The molecule has 0 fully saturated rings.